The van der Waals surface area contributed by atoms with Crippen molar-refractivity contribution in [2.24, 2.45) is 0 Å². The molecule has 0 radical (unpaired) electrons. The zero-order valence-corrected chi connectivity index (χ0v) is 20.0. The number of hydrogen-bond acceptors (Lipinski definition) is 7. The minimum absolute atomic E-state index is 0.00599. The van der Waals surface area contributed by atoms with Gasteiger partial charge < -0.3 is 14.3 Å². The normalized spacial score (nSPS) is 14.0. The predicted octanol–water partition coefficient (Wildman–Crippen LogP) is 5.82. The molecule has 1 N–H and O–H groups in total. The molecule has 0 saturated heterocycles. The third-order valence-corrected chi connectivity index (χ3v) is 5.98. The van der Waals surface area contributed by atoms with Gasteiger partial charge in [0.15, 0.2) is 0 Å². The summed E-state index contributed by atoms with van der Waals surface area (Å²) in [5, 5.41) is 21.9. The molecule has 38 heavy (non-hydrogen) atoms. The lowest BCUT2D eigenvalue weighted by Gasteiger charge is -2.21. The number of methoxy groups -OCH3 is 1. The summed E-state index contributed by atoms with van der Waals surface area (Å²) in [7, 11) is 1.31. The van der Waals surface area contributed by atoms with Gasteiger partial charge in [0.05, 0.1) is 29.0 Å². The molecule has 0 fully saturated rings. The molecule has 4 aromatic rings. The number of rotatable bonds is 6. The van der Waals surface area contributed by atoms with Crippen molar-refractivity contribution in [1.82, 2.24) is 0 Å². The van der Waals surface area contributed by atoms with Crippen molar-refractivity contribution < 1.29 is 28.8 Å². The van der Waals surface area contributed by atoms with Crippen LogP contribution in [0.5, 0.6) is 5.75 Å². The highest BCUT2D eigenvalue weighted by molar-refractivity contribution is 6.23. The molecule has 0 spiro atoms. The van der Waals surface area contributed by atoms with E-state index in [0.29, 0.717) is 28.3 Å². The van der Waals surface area contributed by atoms with Crippen LogP contribution in [0.25, 0.3) is 23.1 Å². The fourth-order valence-electron chi connectivity index (χ4n) is 4.11. The van der Waals surface area contributed by atoms with E-state index in [0.717, 1.165) is 11.6 Å². The predicted molar refractivity (Wildman–Crippen MR) is 140 cm³/mol. The van der Waals surface area contributed by atoms with Crippen LogP contribution >= 0.6 is 0 Å². The lowest BCUT2D eigenvalue weighted by molar-refractivity contribution is -0.384. The maximum absolute atomic E-state index is 13.6. The number of carbonyl (C=O) groups excluding carboxylic acids is 2. The average molecular weight is 508 g/mol. The summed E-state index contributed by atoms with van der Waals surface area (Å²) in [5.74, 6) is -0.280. The van der Waals surface area contributed by atoms with Crippen molar-refractivity contribution >= 4 is 35.0 Å². The minimum Gasteiger partial charge on any atom is -0.506 e. The molecular formula is C29H20N2O7. The number of amides is 1. The monoisotopic (exact) mass is 508 g/mol. The first kappa shape index (κ1) is 24.3. The molecule has 1 aliphatic rings. The summed E-state index contributed by atoms with van der Waals surface area (Å²) in [6.45, 7) is 0. The third kappa shape index (κ3) is 4.56. The number of furan rings is 1. The van der Waals surface area contributed by atoms with Crippen molar-refractivity contribution in [2.45, 2.75) is 0 Å². The first-order valence-corrected chi connectivity index (χ1v) is 11.4. The van der Waals surface area contributed by atoms with Crippen molar-refractivity contribution in [3.8, 4) is 17.1 Å². The van der Waals surface area contributed by atoms with Gasteiger partial charge in [-0.25, -0.2) is 4.79 Å². The molecule has 0 saturated carbocycles. The Labute approximate surface area is 216 Å². The summed E-state index contributed by atoms with van der Waals surface area (Å²) in [6, 6.07) is 22.7. The number of aromatic hydroxyl groups is 1. The number of ether oxygens (including phenoxy) is 1. The van der Waals surface area contributed by atoms with Gasteiger partial charge in [-0.2, -0.15) is 0 Å². The molecule has 0 aliphatic carbocycles. The molecule has 1 amide bonds. The third-order valence-electron chi connectivity index (χ3n) is 5.98. The fraction of sp³-hybridized carbons (Fsp3) is 0.0345. The van der Waals surface area contributed by atoms with Gasteiger partial charge in [0, 0.05) is 23.3 Å². The first-order valence-electron chi connectivity index (χ1n) is 11.4. The van der Waals surface area contributed by atoms with Crippen LogP contribution in [0, 0.1) is 10.1 Å². The van der Waals surface area contributed by atoms with Crippen molar-refractivity contribution in [3.63, 3.8) is 0 Å². The Hall–Kier alpha value is -5.44. The number of carbonyl (C=O) groups is 2. The molecule has 5 rings (SSSR count). The lowest BCUT2D eigenvalue weighted by atomic mass is 10.1. The van der Waals surface area contributed by atoms with E-state index in [1.807, 2.05) is 6.07 Å². The average Bonchev–Trinajstić information content (AvgIpc) is 3.53. The second kappa shape index (κ2) is 9.90. The van der Waals surface area contributed by atoms with Crippen LogP contribution in [0.15, 0.2) is 101 Å². The van der Waals surface area contributed by atoms with Crippen LogP contribution in [-0.4, -0.2) is 29.0 Å². The fourth-order valence-corrected chi connectivity index (χ4v) is 4.11. The van der Waals surface area contributed by atoms with E-state index in [4.69, 9.17) is 9.15 Å². The van der Waals surface area contributed by atoms with Gasteiger partial charge in [0.1, 0.15) is 17.3 Å². The van der Waals surface area contributed by atoms with Crippen LogP contribution in [-0.2, 0) is 9.53 Å². The molecule has 2 heterocycles. The van der Waals surface area contributed by atoms with Gasteiger partial charge in [-0.3, -0.25) is 19.8 Å². The van der Waals surface area contributed by atoms with Crippen molar-refractivity contribution in [2.75, 3.05) is 12.0 Å². The van der Waals surface area contributed by atoms with Crippen LogP contribution in [0.2, 0.25) is 0 Å². The molecular weight excluding hydrogens is 488 g/mol. The van der Waals surface area contributed by atoms with Crippen molar-refractivity contribution in [1.29, 1.82) is 0 Å². The smallest absolute Gasteiger partial charge is 0.337 e. The Balaban J connectivity index is 1.52. The maximum atomic E-state index is 13.6. The van der Waals surface area contributed by atoms with E-state index in [9.17, 15) is 24.8 Å². The molecule has 0 unspecified atom stereocenters. The number of non-ortho nitro benzene ring substituents is 1. The Morgan fingerprint density at radius 2 is 1.74 bits per heavy atom. The van der Waals surface area contributed by atoms with Crippen LogP contribution in [0.4, 0.5) is 11.4 Å². The number of benzene rings is 3. The molecule has 0 atom stereocenters. The Morgan fingerprint density at radius 1 is 1.00 bits per heavy atom. The van der Waals surface area contributed by atoms with Gasteiger partial charge in [-0.15, -0.1) is 0 Å². The standard InChI is InChI=1S/C29H20N2O7/c1-37-29(34)20-9-7-19(8-10-20)27-14-12-23(38-27)15-21-16-24(18-5-3-2-4-6-18)30(28(21)33)25-17-22(31(35)36)11-13-26(25)32/h2-17,32H,1H3/b21-15+. The highest BCUT2D eigenvalue weighted by atomic mass is 16.6. The van der Waals surface area contributed by atoms with Gasteiger partial charge in [-0.1, -0.05) is 42.5 Å². The van der Waals surface area contributed by atoms with E-state index in [1.165, 1.54) is 24.1 Å². The molecule has 9 heteroatoms. The Bertz CT molecular complexity index is 1620. The minimum atomic E-state index is -0.589. The molecule has 0 bridgehead atoms. The zero-order chi connectivity index (χ0) is 26.8. The number of hydrogen-bond donors (Lipinski definition) is 1. The molecule has 1 aromatic heterocycles. The number of phenolic OH excluding ortho intramolecular Hbond substituents is 1. The van der Waals surface area contributed by atoms with Crippen LogP contribution in [0.3, 0.4) is 0 Å². The Kier molecular flexibility index (Phi) is 6.32. The highest BCUT2D eigenvalue weighted by Crippen LogP contribution is 2.41. The first-order chi connectivity index (χ1) is 18.4. The summed E-state index contributed by atoms with van der Waals surface area (Å²) >= 11 is 0. The van der Waals surface area contributed by atoms with Gasteiger partial charge >= 0.3 is 5.97 Å². The van der Waals surface area contributed by atoms with Crippen LogP contribution in [0.1, 0.15) is 21.7 Å². The number of nitro benzene ring substituents is 1. The maximum Gasteiger partial charge on any atom is 0.337 e. The van der Waals surface area contributed by atoms with Crippen LogP contribution < -0.4 is 4.90 Å². The SMILES string of the molecule is COC(=O)c1ccc(-c2ccc(/C=C3\C=C(c4ccccc4)N(c4cc([N+](=O)[O-])ccc4O)C3=O)o2)cc1. The topological polar surface area (TPSA) is 123 Å². The molecule has 188 valence electrons. The van der Waals surface area contributed by atoms with E-state index in [-0.39, 0.29) is 22.7 Å². The molecule has 1 aliphatic heterocycles. The van der Waals surface area contributed by atoms with Crippen molar-refractivity contribution in [3.05, 3.63) is 124 Å². The number of nitrogens with zero attached hydrogens (tertiary/aromatic N) is 2. The number of anilines is 1. The summed E-state index contributed by atoms with van der Waals surface area (Å²) in [5.41, 5.74) is 2.26. The highest BCUT2D eigenvalue weighted by Gasteiger charge is 2.33. The van der Waals surface area contributed by atoms with E-state index in [1.54, 1.807) is 72.8 Å². The van der Waals surface area contributed by atoms with Gasteiger partial charge in [-0.05, 0) is 48.0 Å². The zero-order valence-electron chi connectivity index (χ0n) is 20.0. The number of phenols is 1. The van der Waals surface area contributed by atoms with Gasteiger partial charge in [0.25, 0.3) is 11.6 Å². The summed E-state index contributed by atoms with van der Waals surface area (Å²) < 4.78 is 10.6. The van der Waals surface area contributed by atoms with E-state index in [2.05, 4.69) is 0 Å². The second-order valence-corrected chi connectivity index (χ2v) is 8.34. The van der Waals surface area contributed by atoms with E-state index >= 15 is 0 Å². The van der Waals surface area contributed by atoms with Gasteiger partial charge in [0.2, 0.25) is 0 Å². The number of esters is 1. The lowest BCUT2D eigenvalue weighted by Crippen LogP contribution is -2.25. The van der Waals surface area contributed by atoms with E-state index < -0.39 is 16.8 Å². The summed E-state index contributed by atoms with van der Waals surface area (Å²) in [4.78, 5) is 37.3. The molecule has 9 nitrogen and oxygen atoms in total. The Morgan fingerprint density at radius 3 is 2.42 bits per heavy atom. The molecule has 3 aromatic carbocycles. The largest absolute Gasteiger partial charge is 0.506 e. The second-order valence-electron chi connectivity index (χ2n) is 8.34. The summed E-state index contributed by atoms with van der Waals surface area (Å²) in [6.07, 6.45) is 3.20. The number of nitro groups is 1. The quantitative estimate of drug-likeness (QED) is 0.151.